The van der Waals surface area contributed by atoms with Crippen molar-refractivity contribution >= 4 is 24.3 Å². The molecule has 1 amide bonds. The van der Waals surface area contributed by atoms with Crippen LogP contribution in [-0.2, 0) is 4.79 Å². The molecule has 0 atom stereocenters. The molecule has 0 unspecified atom stereocenters. The monoisotopic (exact) mass is 223 g/mol. The number of Topliss-reactive ketones (excluding diaryl/α,β-unsaturated/α-hetero) is 1. The summed E-state index contributed by atoms with van der Waals surface area (Å²) in [6, 6.07) is 6.88. The van der Waals surface area contributed by atoms with E-state index in [9.17, 15) is 9.59 Å². The van der Waals surface area contributed by atoms with Gasteiger partial charge in [-0.25, -0.2) is 0 Å². The summed E-state index contributed by atoms with van der Waals surface area (Å²) in [5.74, 6) is -0.367. The van der Waals surface area contributed by atoms with Crippen molar-refractivity contribution in [2.45, 2.75) is 11.3 Å². The molecule has 0 aliphatic rings. The lowest BCUT2D eigenvalue weighted by Crippen LogP contribution is -2.24. The van der Waals surface area contributed by atoms with E-state index in [1.807, 2.05) is 0 Å². The summed E-state index contributed by atoms with van der Waals surface area (Å²) in [6.45, 7) is 0. The third kappa shape index (κ3) is 3.40. The first kappa shape index (κ1) is 11.8. The fraction of sp³-hybridized carbons (Fsp3) is 0.273. The molecule has 3 nitrogen and oxygen atoms in total. The van der Waals surface area contributed by atoms with E-state index in [1.165, 1.54) is 4.90 Å². The fourth-order valence-electron chi connectivity index (χ4n) is 1.08. The Bertz CT molecular complexity index is 388. The molecule has 80 valence electrons. The molecule has 0 N–H and O–H groups in total. The zero-order chi connectivity index (χ0) is 11.4. The van der Waals surface area contributed by atoms with Gasteiger partial charge in [-0.1, -0.05) is 12.1 Å². The van der Waals surface area contributed by atoms with Gasteiger partial charge in [0.1, 0.15) is 0 Å². The lowest BCUT2D eigenvalue weighted by Gasteiger charge is -2.09. The maximum atomic E-state index is 11.6. The third-order valence-corrected chi connectivity index (χ3v) is 2.26. The van der Waals surface area contributed by atoms with E-state index >= 15 is 0 Å². The van der Waals surface area contributed by atoms with Crippen molar-refractivity contribution in [3.8, 4) is 0 Å². The number of benzene rings is 1. The quantitative estimate of drug-likeness (QED) is 0.480. The molecule has 4 heteroatoms. The van der Waals surface area contributed by atoms with Gasteiger partial charge in [-0.05, 0) is 12.1 Å². The number of nitrogens with zero attached hydrogens (tertiary/aromatic N) is 1. The predicted molar refractivity (Wildman–Crippen MR) is 61.3 cm³/mol. The first-order chi connectivity index (χ1) is 7.00. The third-order valence-electron chi connectivity index (χ3n) is 1.98. The van der Waals surface area contributed by atoms with Crippen molar-refractivity contribution in [2.24, 2.45) is 0 Å². The normalized spacial score (nSPS) is 9.80. The van der Waals surface area contributed by atoms with Crippen LogP contribution in [0.1, 0.15) is 16.8 Å². The Morgan fingerprint density at radius 2 is 2.00 bits per heavy atom. The maximum Gasteiger partial charge on any atom is 0.229 e. The summed E-state index contributed by atoms with van der Waals surface area (Å²) >= 11 is 4.13. The van der Waals surface area contributed by atoms with Crippen LogP contribution < -0.4 is 0 Å². The second-order valence-corrected chi connectivity index (χ2v) is 3.95. The van der Waals surface area contributed by atoms with Crippen LogP contribution in [0.5, 0.6) is 0 Å². The smallest absolute Gasteiger partial charge is 0.229 e. The zero-order valence-corrected chi connectivity index (χ0v) is 9.62. The van der Waals surface area contributed by atoms with E-state index in [0.29, 0.717) is 5.56 Å². The lowest BCUT2D eigenvalue weighted by molar-refractivity contribution is -0.127. The molecule has 1 aromatic carbocycles. The number of amides is 1. The Kier molecular flexibility index (Phi) is 3.91. The first-order valence-electron chi connectivity index (χ1n) is 4.53. The van der Waals surface area contributed by atoms with E-state index < -0.39 is 0 Å². The van der Waals surface area contributed by atoms with E-state index in [4.69, 9.17) is 0 Å². The van der Waals surface area contributed by atoms with Gasteiger partial charge in [0, 0.05) is 24.6 Å². The van der Waals surface area contributed by atoms with Crippen molar-refractivity contribution in [1.29, 1.82) is 0 Å². The Morgan fingerprint density at radius 3 is 2.53 bits per heavy atom. The summed E-state index contributed by atoms with van der Waals surface area (Å²) in [5.41, 5.74) is 0.526. The van der Waals surface area contributed by atoms with Gasteiger partial charge in [-0.2, -0.15) is 0 Å². The van der Waals surface area contributed by atoms with Crippen LogP contribution in [0.2, 0.25) is 0 Å². The number of rotatable bonds is 3. The molecule has 0 radical (unpaired) electrons. The molecule has 0 saturated carbocycles. The van der Waals surface area contributed by atoms with Gasteiger partial charge in [0.05, 0.1) is 6.42 Å². The summed E-state index contributed by atoms with van der Waals surface area (Å²) in [5, 5.41) is 0. The van der Waals surface area contributed by atoms with E-state index in [-0.39, 0.29) is 18.1 Å². The molecule has 0 spiro atoms. The molecule has 0 bridgehead atoms. The van der Waals surface area contributed by atoms with Crippen LogP contribution in [0.4, 0.5) is 0 Å². The summed E-state index contributed by atoms with van der Waals surface area (Å²) in [4.78, 5) is 25.1. The summed E-state index contributed by atoms with van der Waals surface area (Å²) < 4.78 is 0. The number of hydrogen-bond acceptors (Lipinski definition) is 3. The van der Waals surface area contributed by atoms with Crippen molar-refractivity contribution < 1.29 is 9.59 Å². The predicted octanol–water partition coefficient (Wildman–Crippen LogP) is 1.64. The van der Waals surface area contributed by atoms with Gasteiger partial charge in [-0.15, -0.1) is 12.6 Å². The lowest BCUT2D eigenvalue weighted by atomic mass is 10.1. The van der Waals surface area contributed by atoms with Crippen LogP contribution in [-0.4, -0.2) is 30.7 Å². The van der Waals surface area contributed by atoms with Gasteiger partial charge in [0.2, 0.25) is 5.91 Å². The van der Waals surface area contributed by atoms with E-state index in [2.05, 4.69) is 12.6 Å². The molecule has 0 fully saturated rings. The van der Waals surface area contributed by atoms with Crippen LogP contribution in [0, 0.1) is 0 Å². The minimum absolute atomic E-state index is 0.0930. The standard InChI is InChI=1S/C11H13NO2S/c1-12(2)11(14)7-10(13)8-4-3-5-9(15)6-8/h3-6,15H,7H2,1-2H3. The van der Waals surface area contributed by atoms with Crippen LogP contribution in [0.25, 0.3) is 0 Å². The highest BCUT2D eigenvalue weighted by Gasteiger charge is 2.12. The minimum atomic E-state index is -0.190. The highest BCUT2D eigenvalue weighted by Crippen LogP contribution is 2.11. The molecule has 0 heterocycles. The van der Waals surface area contributed by atoms with E-state index in [1.54, 1.807) is 38.4 Å². The molecule has 0 aliphatic carbocycles. The van der Waals surface area contributed by atoms with Crippen molar-refractivity contribution in [2.75, 3.05) is 14.1 Å². The van der Waals surface area contributed by atoms with Crippen LogP contribution in [0.15, 0.2) is 29.2 Å². The van der Waals surface area contributed by atoms with Gasteiger partial charge < -0.3 is 4.90 Å². The van der Waals surface area contributed by atoms with Crippen molar-refractivity contribution in [3.63, 3.8) is 0 Å². The molecule has 0 aromatic heterocycles. The van der Waals surface area contributed by atoms with Gasteiger partial charge in [-0.3, -0.25) is 9.59 Å². The second kappa shape index (κ2) is 4.98. The number of hydrogen-bond donors (Lipinski definition) is 1. The average molecular weight is 223 g/mol. The zero-order valence-electron chi connectivity index (χ0n) is 8.73. The SMILES string of the molecule is CN(C)C(=O)CC(=O)c1cccc(S)c1. The molecule has 15 heavy (non-hydrogen) atoms. The number of ketones is 1. The molecular formula is C11H13NO2S. The summed E-state index contributed by atoms with van der Waals surface area (Å²) in [7, 11) is 3.26. The van der Waals surface area contributed by atoms with Gasteiger partial charge in [0.25, 0.3) is 0 Å². The molecule has 1 rings (SSSR count). The minimum Gasteiger partial charge on any atom is -0.348 e. The Hall–Kier alpha value is -1.29. The number of thiol groups is 1. The van der Waals surface area contributed by atoms with Crippen LogP contribution in [0.3, 0.4) is 0 Å². The summed E-state index contributed by atoms with van der Waals surface area (Å²) in [6.07, 6.45) is -0.0930. The largest absolute Gasteiger partial charge is 0.348 e. The Balaban J connectivity index is 2.74. The van der Waals surface area contributed by atoms with Gasteiger partial charge >= 0.3 is 0 Å². The van der Waals surface area contributed by atoms with Crippen molar-refractivity contribution in [3.05, 3.63) is 29.8 Å². The molecular weight excluding hydrogens is 210 g/mol. The maximum absolute atomic E-state index is 11.6. The highest BCUT2D eigenvalue weighted by atomic mass is 32.1. The molecule has 1 aromatic rings. The number of carbonyl (C=O) groups excluding carboxylic acids is 2. The Labute approximate surface area is 94.5 Å². The first-order valence-corrected chi connectivity index (χ1v) is 4.98. The topological polar surface area (TPSA) is 37.4 Å². The second-order valence-electron chi connectivity index (χ2n) is 3.44. The Morgan fingerprint density at radius 1 is 1.33 bits per heavy atom. The molecule has 0 aliphatic heterocycles. The highest BCUT2D eigenvalue weighted by molar-refractivity contribution is 7.80. The fourth-order valence-corrected chi connectivity index (χ4v) is 1.30. The van der Waals surface area contributed by atoms with E-state index in [0.717, 1.165) is 4.90 Å². The average Bonchev–Trinajstić information content (AvgIpc) is 2.17. The number of carbonyl (C=O) groups is 2. The molecule has 0 saturated heterocycles. The van der Waals surface area contributed by atoms with Crippen molar-refractivity contribution in [1.82, 2.24) is 4.90 Å². The van der Waals surface area contributed by atoms with Gasteiger partial charge in [0.15, 0.2) is 5.78 Å². The van der Waals surface area contributed by atoms with Crippen LogP contribution >= 0.6 is 12.6 Å².